The number of benzene rings is 4. The van der Waals surface area contributed by atoms with Crippen LogP contribution in [0.2, 0.25) is 0 Å². The Morgan fingerprint density at radius 1 is 0.488 bits per heavy atom. The van der Waals surface area contributed by atoms with E-state index in [1.807, 2.05) is 19.1 Å². The molecule has 4 aromatic rings. The minimum Gasteiger partial charge on any atom is -0.496 e. The Bertz CT molecular complexity index is 1490. The fourth-order valence-corrected chi connectivity index (χ4v) is 5.82. The molecule has 0 unspecified atom stereocenters. The average Bonchev–Trinajstić information content (AvgIpc) is 3.05. The van der Waals surface area contributed by atoms with Crippen LogP contribution in [0.25, 0.3) is 22.3 Å². The molecule has 1 saturated heterocycles. The van der Waals surface area contributed by atoms with E-state index < -0.39 is 0 Å². The lowest BCUT2D eigenvalue weighted by molar-refractivity contribution is 0.122. The van der Waals surface area contributed by atoms with E-state index in [4.69, 9.17) is 23.7 Å². The molecule has 7 nitrogen and oxygen atoms in total. The van der Waals surface area contributed by atoms with Crippen molar-refractivity contribution in [2.75, 3.05) is 61.7 Å². The van der Waals surface area contributed by atoms with Gasteiger partial charge in [-0.05, 0) is 76.7 Å². The standard InChI is InChI=1S/C36H42N2O5/c1-25-32(39-2)19-30(20-33(25)40-3)28-11-7-9-26(17-28)23-37-13-15-38(16-14-37)24-27-10-8-12-29(18-27)31-21-34(41-4)36(43-6)35(22-31)42-5/h7-12,17-22H,13-16,23-24H2,1-6H3. The van der Waals surface area contributed by atoms with Crippen LogP contribution in [0.4, 0.5) is 0 Å². The summed E-state index contributed by atoms with van der Waals surface area (Å²) in [5, 5.41) is 0. The first kappa shape index (κ1) is 30.3. The van der Waals surface area contributed by atoms with Crippen LogP contribution >= 0.6 is 0 Å². The molecule has 4 aromatic carbocycles. The summed E-state index contributed by atoms with van der Waals surface area (Å²) >= 11 is 0. The predicted octanol–water partition coefficient (Wildman–Crippen LogP) is 6.69. The minimum atomic E-state index is 0.602. The second-order valence-electron chi connectivity index (χ2n) is 10.9. The van der Waals surface area contributed by atoms with Crippen molar-refractivity contribution in [1.29, 1.82) is 0 Å². The second-order valence-corrected chi connectivity index (χ2v) is 10.9. The van der Waals surface area contributed by atoms with Crippen LogP contribution < -0.4 is 23.7 Å². The van der Waals surface area contributed by atoms with Gasteiger partial charge in [0.15, 0.2) is 11.5 Å². The van der Waals surface area contributed by atoms with Gasteiger partial charge in [0.25, 0.3) is 0 Å². The molecule has 7 heteroatoms. The molecule has 1 fully saturated rings. The first-order valence-corrected chi connectivity index (χ1v) is 14.6. The van der Waals surface area contributed by atoms with E-state index in [0.29, 0.717) is 17.2 Å². The Balaban J connectivity index is 1.22. The molecule has 5 rings (SSSR count). The van der Waals surface area contributed by atoms with Gasteiger partial charge in [0.2, 0.25) is 5.75 Å². The van der Waals surface area contributed by atoms with Crippen LogP contribution in [0, 0.1) is 6.92 Å². The summed E-state index contributed by atoms with van der Waals surface area (Å²) in [5.74, 6) is 3.59. The van der Waals surface area contributed by atoms with Gasteiger partial charge in [-0.25, -0.2) is 0 Å². The quantitative estimate of drug-likeness (QED) is 0.195. The first-order chi connectivity index (χ1) is 21.0. The number of methoxy groups -OCH3 is 5. The van der Waals surface area contributed by atoms with E-state index in [0.717, 1.165) is 73.0 Å². The molecular formula is C36H42N2O5. The third kappa shape index (κ3) is 6.90. The molecule has 1 aliphatic rings. The summed E-state index contributed by atoms with van der Waals surface area (Å²) in [7, 11) is 8.32. The number of hydrogen-bond donors (Lipinski definition) is 0. The third-order valence-corrected chi connectivity index (χ3v) is 8.21. The van der Waals surface area contributed by atoms with Gasteiger partial charge in [0, 0.05) is 44.8 Å². The number of rotatable bonds is 11. The van der Waals surface area contributed by atoms with E-state index in [2.05, 4.69) is 70.5 Å². The molecule has 0 amide bonds. The largest absolute Gasteiger partial charge is 0.496 e. The number of hydrogen-bond acceptors (Lipinski definition) is 7. The molecule has 1 heterocycles. The number of piperazine rings is 1. The molecule has 0 saturated carbocycles. The van der Waals surface area contributed by atoms with Gasteiger partial charge in [-0.2, -0.15) is 0 Å². The van der Waals surface area contributed by atoms with Gasteiger partial charge in [0.1, 0.15) is 11.5 Å². The summed E-state index contributed by atoms with van der Waals surface area (Å²) in [6.07, 6.45) is 0. The van der Waals surface area contributed by atoms with Gasteiger partial charge in [-0.3, -0.25) is 9.80 Å². The molecule has 1 aliphatic heterocycles. The van der Waals surface area contributed by atoms with Crippen LogP contribution in [-0.2, 0) is 13.1 Å². The van der Waals surface area contributed by atoms with Crippen LogP contribution in [-0.4, -0.2) is 71.5 Å². The van der Waals surface area contributed by atoms with Crippen molar-refractivity contribution in [2.24, 2.45) is 0 Å². The molecule has 226 valence electrons. The zero-order chi connectivity index (χ0) is 30.3. The summed E-state index contributed by atoms with van der Waals surface area (Å²) in [4.78, 5) is 5.07. The van der Waals surface area contributed by atoms with Crippen LogP contribution in [0.1, 0.15) is 16.7 Å². The van der Waals surface area contributed by atoms with E-state index in [1.54, 1.807) is 35.5 Å². The second kappa shape index (κ2) is 13.8. The highest BCUT2D eigenvalue weighted by atomic mass is 16.5. The Kier molecular flexibility index (Phi) is 9.75. The molecule has 0 atom stereocenters. The van der Waals surface area contributed by atoms with E-state index in [9.17, 15) is 0 Å². The lowest BCUT2D eigenvalue weighted by atomic mass is 10.00. The number of nitrogens with zero attached hydrogens (tertiary/aromatic N) is 2. The Hall–Kier alpha value is -4.20. The summed E-state index contributed by atoms with van der Waals surface area (Å²) in [5.41, 5.74) is 8.03. The van der Waals surface area contributed by atoms with Crippen molar-refractivity contribution < 1.29 is 23.7 Å². The highest BCUT2D eigenvalue weighted by Gasteiger charge is 2.19. The lowest BCUT2D eigenvalue weighted by Crippen LogP contribution is -2.45. The monoisotopic (exact) mass is 582 g/mol. The molecule has 0 aliphatic carbocycles. The van der Waals surface area contributed by atoms with Gasteiger partial charge in [0.05, 0.1) is 35.5 Å². The van der Waals surface area contributed by atoms with Crippen LogP contribution in [0.15, 0.2) is 72.8 Å². The number of ether oxygens (including phenoxy) is 5. The van der Waals surface area contributed by atoms with E-state index >= 15 is 0 Å². The molecular weight excluding hydrogens is 540 g/mol. The molecule has 43 heavy (non-hydrogen) atoms. The smallest absolute Gasteiger partial charge is 0.203 e. The third-order valence-electron chi connectivity index (χ3n) is 8.21. The molecule has 0 bridgehead atoms. The molecule has 0 spiro atoms. The summed E-state index contributed by atoms with van der Waals surface area (Å²) in [6, 6.07) is 25.7. The topological polar surface area (TPSA) is 52.6 Å². The fourth-order valence-electron chi connectivity index (χ4n) is 5.82. The predicted molar refractivity (Wildman–Crippen MR) is 172 cm³/mol. The van der Waals surface area contributed by atoms with Gasteiger partial charge >= 0.3 is 0 Å². The van der Waals surface area contributed by atoms with Gasteiger partial charge in [-0.1, -0.05) is 36.4 Å². The van der Waals surface area contributed by atoms with Crippen molar-refractivity contribution in [1.82, 2.24) is 9.80 Å². The SMILES string of the molecule is COc1cc(-c2cccc(CN3CCN(Cc4cccc(-c5cc(OC)c(OC)c(OC)c5)c4)CC3)c2)cc(OC)c1C. The Morgan fingerprint density at radius 2 is 0.884 bits per heavy atom. The van der Waals surface area contributed by atoms with Crippen molar-refractivity contribution in [2.45, 2.75) is 20.0 Å². The van der Waals surface area contributed by atoms with Crippen LogP contribution in [0.3, 0.4) is 0 Å². The maximum absolute atomic E-state index is 5.60. The first-order valence-electron chi connectivity index (χ1n) is 14.6. The lowest BCUT2D eigenvalue weighted by Gasteiger charge is -2.35. The molecule has 0 N–H and O–H groups in total. The van der Waals surface area contributed by atoms with Crippen molar-refractivity contribution in [3.63, 3.8) is 0 Å². The normalized spacial score (nSPS) is 13.9. The highest BCUT2D eigenvalue weighted by molar-refractivity contribution is 5.72. The molecule has 0 radical (unpaired) electrons. The van der Waals surface area contributed by atoms with E-state index in [1.165, 1.54) is 16.7 Å². The van der Waals surface area contributed by atoms with Gasteiger partial charge in [-0.15, -0.1) is 0 Å². The Labute approximate surface area is 255 Å². The maximum atomic E-state index is 5.60. The summed E-state index contributed by atoms with van der Waals surface area (Å²) in [6.45, 7) is 7.98. The zero-order valence-electron chi connectivity index (χ0n) is 26.1. The fraction of sp³-hybridized carbons (Fsp3) is 0.333. The zero-order valence-corrected chi connectivity index (χ0v) is 26.1. The van der Waals surface area contributed by atoms with E-state index in [-0.39, 0.29) is 0 Å². The van der Waals surface area contributed by atoms with Crippen molar-refractivity contribution in [3.8, 4) is 51.0 Å². The minimum absolute atomic E-state index is 0.602. The maximum Gasteiger partial charge on any atom is 0.203 e. The highest BCUT2D eigenvalue weighted by Crippen LogP contribution is 2.41. The van der Waals surface area contributed by atoms with Gasteiger partial charge < -0.3 is 23.7 Å². The summed E-state index contributed by atoms with van der Waals surface area (Å²) < 4.78 is 27.8. The van der Waals surface area contributed by atoms with Crippen LogP contribution in [0.5, 0.6) is 28.7 Å². The Morgan fingerprint density at radius 3 is 1.26 bits per heavy atom. The molecule has 0 aromatic heterocycles. The average molecular weight is 583 g/mol. The van der Waals surface area contributed by atoms with Crippen molar-refractivity contribution in [3.05, 3.63) is 89.5 Å². The van der Waals surface area contributed by atoms with Crippen molar-refractivity contribution >= 4 is 0 Å².